The molecule has 38 heavy (non-hydrogen) atoms. The monoisotopic (exact) mass is 548 g/mol. The minimum Gasteiger partial charge on any atom is -0.487 e. The Balaban J connectivity index is 1.26. The molecule has 192 valence electrons. The summed E-state index contributed by atoms with van der Waals surface area (Å²) in [4.78, 5) is 22.9. The number of anilines is 2. The van der Waals surface area contributed by atoms with Gasteiger partial charge in [0.15, 0.2) is 0 Å². The third-order valence-corrected chi connectivity index (χ3v) is 7.91. The molecule has 0 unspecified atom stereocenters. The van der Waals surface area contributed by atoms with Crippen LogP contribution in [0.25, 0.3) is 20.7 Å². The predicted molar refractivity (Wildman–Crippen MR) is 146 cm³/mol. The molecule has 2 aromatic carbocycles. The Hall–Kier alpha value is -4.02. The van der Waals surface area contributed by atoms with Gasteiger partial charge in [0.2, 0.25) is 5.91 Å². The summed E-state index contributed by atoms with van der Waals surface area (Å²) in [6.45, 7) is 0.404. The highest BCUT2D eigenvalue weighted by Crippen LogP contribution is 2.45. The van der Waals surface area contributed by atoms with E-state index in [1.807, 2.05) is 12.3 Å². The van der Waals surface area contributed by atoms with Crippen molar-refractivity contribution in [2.24, 2.45) is 0 Å². The maximum atomic E-state index is 13.4. The molecule has 0 bridgehead atoms. The van der Waals surface area contributed by atoms with Gasteiger partial charge in [-0.3, -0.25) is 9.48 Å². The number of carbonyl (C=O) groups is 1. The molecule has 1 aliphatic rings. The highest BCUT2D eigenvalue weighted by Gasteiger charge is 2.27. The van der Waals surface area contributed by atoms with E-state index in [4.69, 9.17) is 16.3 Å². The number of thiophene rings is 1. The molecule has 1 aliphatic carbocycles. The number of aryl methyl sites for hydroxylation is 1. The van der Waals surface area contributed by atoms with Crippen molar-refractivity contribution in [2.75, 3.05) is 12.4 Å². The van der Waals surface area contributed by atoms with Gasteiger partial charge < -0.3 is 15.4 Å². The molecule has 2 N–H and O–H groups in total. The fourth-order valence-corrected chi connectivity index (χ4v) is 6.08. The van der Waals surface area contributed by atoms with Gasteiger partial charge in [-0.05, 0) is 54.3 Å². The van der Waals surface area contributed by atoms with Crippen molar-refractivity contribution < 1.29 is 13.9 Å². The zero-order chi connectivity index (χ0) is 26.2. The van der Waals surface area contributed by atoms with Crippen LogP contribution in [0.3, 0.4) is 0 Å². The highest BCUT2D eigenvalue weighted by molar-refractivity contribution is 7.22. The van der Waals surface area contributed by atoms with E-state index in [0.29, 0.717) is 16.6 Å². The van der Waals surface area contributed by atoms with Crippen LogP contribution in [-0.4, -0.2) is 32.7 Å². The number of aromatic nitrogens is 4. The smallest absolute Gasteiger partial charge is 0.241 e. The quantitative estimate of drug-likeness (QED) is 0.278. The fourth-order valence-electron chi connectivity index (χ4n) is 4.62. The lowest BCUT2D eigenvalue weighted by Gasteiger charge is -2.16. The normalized spacial score (nSPS) is 12.2. The molecule has 0 aliphatic heterocycles. The Kier molecular flexibility index (Phi) is 6.42. The molecule has 3 aromatic heterocycles. The first-order valence-corrected chi connectivity index (χ1v) is 13.2. The molecule has 6 rings (SSSR count). The molecule has 1 amide bonds. The number of likely N-dealkylation sites (N-methyl/N-ethyl adjacent to an activating group) is 1. The van der Waals surface area contributed by atoms with E-state index in [0.717, 1.165) is 50.4 Å². The Morgan fingerprint density at radius 2 is 2.11 bits per heavy atom. The minimum atomic E-state index is -0.308. The maximum absolute atomic E-state index is 13.4. The highest BCUT2D eigenvalue weighted by atomic mass is 35.5. The topological polar surface area (TPSA) is 94.0 Å². The number of nitrogens with one attached hydrogen (secondary N) is 2. The minimum absolute atomic E-state index is 0.0839. The number of halogens is 2. The van der Waals surface area contributed by atoms with Crippen LogP contribution in [0.1, 0.15) is 16.8 Å². The van der Waals surface area contributed by atoms with E-state index in [9.17, 15) is 9.18 Å². The van der Waals surface area contributed by atoms with Crippen LogP contribution in [0.2, 0.25) is 5.02 Å². The van der Waals surface area contributed by atoms with E-state index < -0.39 is 0 Å². The van der Waals surface area contributed by atoms with E-state index in [1.165, 1.54) is 17.7 Å². The molecule has 5 aromatic rings. The van der Waals surface area contributed by atoms with Crippen molar-refractivity contribution >= 4 is 50.6 Å². The van der Waals surface area contributed by atoms with Gasteiger partial charge in [-0.1, -0.05) is 23.7 Å². The van der Waals surface area contributed by atoms with Crippen LogP contribution >= 0.6 is 22.9 Å². The zero-order valence-corrected chi connectivity index (χ0v) is 21.9. The van der Waals surface area contributed by atoms with Crippen LogP contribution < -0.4 is 15.4 Å². The fraction of sp³-hybridized carbons (Fsp3) is 0.185. The molecule has 0 spiro atoms. The summed E-state index contributed by atoms with van der Waals surface area (Å²) < 4.78 is 21.0. The van der Waals surface area contributed by atoms with E-state index in [-0.39, 0.29) is 24.9 Å². The molecule has 0 saturated carbocycles. The van der Waals surface area contributed by atoms with E-state index in [2.05, 4.69) is 25.7 Å². The van der Waals surface area contributed by atoms with Crippen molar-refractivity contribution in [3.8, 4) is 16.2 Å². The standard InChI is InChI=1S/C27H22ClFN6O2S/c1-30-23(36)12-35-21-7-6-18-24-26(31-14-32-27(24)38-25(18)19(21)11-33-35)34-17-5-8-22(20(28)10-17)37-13-15-3-2-4-16(29)9-15/h2-5,8-11,14H,6-7,12-13H2,1H3,(H,30,36)(H,31,32,34). The number of ether oxygens (including phenoxy) is 1. The summed E-state index contributed by atoms with van der Waals surface area (Å²) in [6.07, 6.45) is 4.93. The lowest BCUT2D eigenvalue weighted by atomic mass is 9.95. The summed E-state index contributed by atoms with van der Waals surface area (Å²) in [5, 5.41) is 11.9. The van der Waals surface area contributed by atoms with Gasteiger partial charge in [-0.2, -0.15) is 5.10 Å². The van der Waals surface area contributed by atoms with Crippen LogP contribution in [0.4, 0.5) is 15.9 Å². The third-order valence-electron chi connectivity index (χ3n) is 6.44. The van der Waals surface area contributed by atoms with Crippen LogP contribution in [0, 0.1) is 5.82 Å². The van der Waals surface area contributed by atoms with Crippen LogP contribution in [0.5, 0.6) is 5.75 Å². The Morgan fingerprint density at radius 3 is 2.92 bits per heavy atom. The molecule has 0 fully saturated rings. The largest absolute Gasteiger partial charge is 0.487 e. The molecule has 8 nitrogen and oxygen atoms in total. The number of rotatable bonds is 7. The van der Waals surface area contributed by atoms with E-state index in [1.54, 1.807) is 53.7 Å². The number of nitrogens with zero attached hydrogens (tertiary/aromatic N) is 4. The number of benzene rings is 2. The van der Waals surface area contributed by atoms with E-state index >= 15 is 0 Å². The van der Waals surface area contributed by atoms with Gasteiger partial charge in [-0.15, -0.1) is 11.3 Å². The Morgan fingerprint density at radius 1 is 1.21 bits per heavy atom. The maximum Gasteiger partial charge on any atom is 0.241 e. The third kappa shape index (κ3) is 4.57. The summed E-state index contributed by atoms with van der Waals surface area (Å²) in [5.74, 6) is 0.804. The second-order valence-electron chi connectivity index (χ2n) is 8.84. The first-order chi connectivity index (χ1) is 18.5. The SMILES string of the molecule is CNC(=O)Cn1ncc2c1CCc1c-2sc2ncnc(Nc3ccc(OCc4cccc(F)c4)c(Cl)c3)c12. The molecule has 0 atom stereocenters. The Labute approximate surface area is 226 Å². The van der Waals surface area contributed by atoms with Crippen molar-refractivity contribution in [2.45, 2.75) is 26.0 Å². The van der Waals surface area contributed by atoms with Crippen LogP contribution in [0.15, 0.2) is 55.0 Å². The Bertz CT molecular complexity index is 1680. The molecule has 11 heteroatoms. The van der Waals surface area contributed by atoms with Gasteiger partial charge >= 0.3 is 0 Å². The zero-order valence-electron chi connectivity index (χ0n) is 20.3. The van der Waals surface area contributed by atoms with Gasteiger partial charge in [0.1, 0.15) is 41.7 Å². The molecule has 0 radical (unpaired) electrons. The average Bonchev–Trinajstić information content (AvgIpc) is 3.50. The number of hydrogen-bond donors (Lipinski definition) is 2. The first-order valence-electron chi connectivity index (χ1n) is 12.0. The number of amides is 1. The summed E-state index contributed by atoms with van der Waals surface area (Å²) in [7, 11) is 1.62. The second-order valence-corrected chi connectivity index (χ2v) is 10.2. The number of hydrogen-bond acceptors (Lipinski definition) is 7. The second kappa shape index (κ2) is 10.0. The molecular weight excluding hydrogens is 527 g/mol. The van der Waals surface area contributed by atoms with Gasteiger partial charge in [0.25, 0.3) is 0 Å². The number of carbonyl (C=O) groups excluding carboxylic acids is 1. The van der Waals surface area contributed by atoms with Crippen LogP contribution in [-0.2, 0) is 30.8 Å². The van der Waals surface area contributed by atoms with Crippen molar-refractivity contribution in [3.05, 3.63) is 82.6 Å². The molecule has 3 heterocycles. The average molecular weight is 549 g/mol. The molecule has 0 saturated heterocycles. The number of fused-ring (bicyclic) bond motifs is 5. The van der Waals surface area contributed by atoms with Gasteiger partial charge in [-0.25, -0.2) is 14.4 Å². The lowest BCUT2D eigenvalue weighted by Crippen LogP contribution is -2.25. The summed E-state index contributed by atoms with van der Waals surface area (Å²) >= 11 is 8.10. The lowest BCUT2D eigenvalue weighted by molar-refractivity contribution is -0.121. The summed E-state index contributed by atoms with van der Waals surface area (Å²) in [6, 6.07) is 11.7. The van der Waals surface area contributed by atoms with Gasteiger partial charge in [0.05, 0.1) is 16.6 Å². The van der Waals surface area contributed by atoms with Gasteiger partial charge in [0, 0.05) is 28.9 Å². The van der Waals surface area contributed by atoms with Crippen molar-refractivity contribution in [1.82, 2.24) is 25.1 Å². The van der Waals surface area contributed by atoms with Crippen molar-refractivity contribution in [1.29, 1.82) is 0 Å². The van der Waals surface area contributed by atoms with Crippen molar-refractivity contribution in [3.63, 3.8) is 0 Å². The summed E-state index contributed by atoms with van der Waals surface area (Å²) in [5.41, 5.74) is 4.73. The first kappa shape index (κ1) is 24.3. The molecular formula is C27H22ClFN6O2S. The predicted octanol–water partition coefficient (Wildman–Crippen LogP) is 5.51.